The van der Waals surface area contributed by atoms with E-state index in [0.717, 1.165) is 25.7 Å². The van der Waals surface area contributed by atoms with E-state index in [0.29, 0.717) is 6.42 Å². The molecule has 1 fully saturated rings. The molecule has 0 amide bonds. The zero-order chi connectivity index (χ0) is 14.8. The molecule has 0 atom stereocenters. The zero-order valence-electron chi connectivity index (χ0n) is 12.5. The van der Waals surface area contributed by atoms with Crippen molar-refractivity contribution in [2.24, 2.45) is 5.41 Å². The second kappa shape index (κ2) is 6.04. The molecule has 20 heavy (non-hydrogen) atoms. The minimum atomic E-state index is -0.0784. The van der Waals surface area contributed by atoms with Crippen molar-refractivity contribution in [1.29, 1.82) is 0 Å². The molecule has 0 radical (unpaired) electrons. The highest BCUT2D eigenvalue weighted by Gasteiger charge is 2.39. The third-order valence-electron chi connectivity index (χ3n) is 4.90. The number of carbonyl (C=O) groups is 1. The lowest BCUT2D eigenvalue weighted by Gasteiger charge is -2.43. The van der Waals surface area contributed by atoms with Gasteiger partial charge in [0.25, 0.3) is 0 Å². The van der Waals surface area contributed by atoms with Gasteiger partial charge >= 0.3 is 5.97 Å². The molecule has 0 N–H and O–H groups in total. The second-order valence-corrected chi connectivity index (χ2v) is 7.88. The molecule has 1 saturated carbocycles. The zero-order valence-corrected chi connectivity index (χ0v) is 14.7. The van der Waals surface area contributed by atoms with Crippen LogP contribution in [-0.2, 0) is 14.9 Å². The first-order valence-corrected chi connectivity index (χ1v) is 8.28. The van der Waals surface area contributed by atoms with Gasteiger partial charge < -0.3 is 4.74 Å². The fourth-order valence-corrected chi connectivity index (χ4v) is 3.50. The molecule has 110 valence electrons. The smallest absolute Gasteiger partial charge is 0.306 e. The van der Waals surface area contributed by atoms with Crippen molar-refractivity contribution in [3.8, 4) is 0 Å². The summed E-state index contributed by atoms with van der Waals surface area (Å²) in [5, 5.41) is 0. The van der Waals surface area contributed by atoms with Gasteiger partial charge in [0.15, 0.2) is 0 Å². The Bertz CT molecular complexity index is 470. The van der Waals surface area contributed by atoms with Crippen molar-refractivity contribution in [2.75, 3.05) is 7.11 Å². The summed E-state index contributed by atoms with van der Waals surface area (Å²) in [7, 11) is 1.48. The van der Waals surface area contributed by atoms with Gasteiger partial charge in [-0.2, -0.15) is 0 Å². The maximum Gasteiger partial charge on any atom is 0.306 e. The average Bonchev–Trinajstić information content (AvgIpc) is 2.43. The Labute approximate surface area is 135 Å². The summed E-state index contributed by atoms with van der Waals surface area (Å²) in [5.41, 5.74) is 1.79. The fraction of sp³-hybridized carbons (Fsp3) is 0.588. The summed E-state index contributed by atoms with van der Waals surface area (Å²) in [6, 6.07) is 8.88. The molecule has 0 saturated heterocycles. The second-order valence-electron chi connectivity index (χ2n) is 6.63. The average molecular weight is 386 g/mol. The molecule has 3 heteroatoms. The summed E-state index contributed by atoms with van der Waals surface area (Å²) in [5.74, 6) is -0.0784. The van der Waals surface area contributed by atoms with Crippen LogP contribution in [0.5, 0.6) is 0 Å². The maximum atomic E-state index is 11.5. The Balaban J connectivity index is 2.06. The molecule has 2 nitrogen and oxygen atoms in total. The van der Waals surface area contributed by atoms with Crippen molar-refractivity contribution in [2.45, 2.75) is 51.4 Å². The molecule has 1 aliphatic rings. The van der Waals surface area contributed by atoms with Gasteiger partial charge in [-0.05, 0) is 76.8 Å². The third kappa shape index (κ3) is 3.54. The van der Waals surface area contributed by atoms with Crippen LogP contribution in [0.4, 0.5) is 0 Å². The molecule has 0 heterocycles. The molecule has 2 rings (SSSR count). The summed E-state index contributed by atoms with van der Waals surface area (Å²) in [6.45, 7) is 4.57. The number of methoxy groups -OCH3 is 1. The van der Waals surface area contributed by atoms with Crippen molar-refractivity contribution < 1.29 is 9.53 Å². The quantitative estimate of drug-likeness (QED) is 0.557. The van der Waals surface area contributed by atoms with Crippen LogP contribution in [-0.4, -0.2) is 13.1 Å². The van der Waals surface area contributed by atoms with E-state index in [1.165, 1.54) is 16.2 Å². The highest BCUT2D eigenvalue weighted by atomic mass is 127. The largest absolute Gasteiger partial charge is 0.469 e. The molecule has 0 aliphatic heterocycles. The molecule has 1 aliphatic carbocycles. The minimum absolute atomic E-state index is 0.0784. The predicted molar refractivity (Wildman–Crippen MR) is 89.7 cm³/mol. The molecule has 1 aromatic carbocycles. The van der Waals surface area contributed by atoms with Gasteiger partial charge in [0, 0.05) is 3.57 Å². The molecule has 0 aromatic heterocycles. The third-order valence-corrected chi connectivity index (χ3v) is 5.62. The molecule has 0 unspecified atom stereocenters. The van der Waals surface area contributed by atoms with E-state index in [2.05, 4.69) is 60.7 Å². The van der Waals surface area contributed by atoms with E-state index in [-0.39, 0.29) is 16.8 Å². The SMILES string of the molecule is COC(=O)CC1(C)CCC(C)(c2ccc(I)cc2)CC1. The predicted octanol–water partition coefficient (Wildman–Crippen LogP) is 4.69. The Morgan fingerprint density at radius 2 is 1.70 bits per heavy atom. The number of hydrogen-bond donors (Lipinski definition) is 0. The number of rotatable bonds is 3. The number of benzene rings is 1. The van der Waals surface area contributed by atoms with Gasteiger partial charge in [-0.1, -0.05) is 26.0 Å². The van der Waals surface area contributed by atoms with E-state index < -0.39 is 0 Å². The Kier molecular flexibility index (Phi) is 4.77. The van der Waals surface area contributed by atoms with Crippen molar-refractivity contribution in [3.63, 3.8) is 0 Å². The van der Waals surface area contributed by atoms with E-state index in [4.69, 9.17) is 4.74 Å². The Morgan fingerprint density at radius 3 is 2.20 bits per heavy atom. The van der Waals surface area contributed by atoms with Crippen molar-refractivity contribution in [1.82, 2.24) is 0 Å². The van der Waals surface area contributed by atoms with Crippen LogP contribution < -0.4 is 0 Å². The summed E-state index contributed by atoms with van der Waals surface area (Å²) >= 11 is 2.34. The molecular weight excluding hydrogens is 363 g/mol. The van der Waals surface area contributed by atoms with Crippen LogP contribution >= 0.6 is 22.6 Å². The van der Waals surface area contributed by atoms with Crippen LogP contribution in [0.25, 0.3) is 0 Å². The van der Waals surface area contributed by atoms with Gasteiger partial charge in [0.1, 0.15) is 0 Å². The maximum absolute atomic E-state index is 11.5. The Morgan fingerprint density at radius 1 is 1.15 bits per heavy atom. The van der Waals surface area contributed by atoms with E-state index in [9.17, 15) is 4.79 Å². The number of halogens is 1. The molecule has 0 spiro atoms. The highest BCUT2D eigenvalue weighted by molar-refractivity contribution is 14.1. The summed E-state index contributed by atoms with van der Waals surface area (Å²) in [6.07, 6.45) is 5.00. The lowest BCUT2D eigenvalue weighted by Crippen LogP contribution is -2.35. The van der Waals surface area contributed by atoms with Crippen LogP contribution in [0.3, 0.4) is 0 Å². The van der Waals surface area contributed by atoms with Gasteiger partial charge in [0.05, 0.1) is 13.5 Å². The minimum Gasteiger partial charge on any atom is -0.469 e. The highest BCUT2D eigenvalue weighted by Crippen LogP contribution is 2.48. The normalized spacial score (nSPS) is 30.0. The number of carbonyl (C=O) groups excluding carboxylic acids is 1. The number of hydrogen-bond acceptors (Lipinski definition) is 2. The van der Waals surface area contributed by atoms with Gasteiger partial charge in [0.2, 0.25) is 0 Å². The molecular formula is C17H23IO2. The topological polar surface area (TPSA) is 26.3 Å². The van der Waals surface area contributed by atoms with E-state index in [1.807, 2.05) is 0 Å². The number of ether oxygens (including phenoxy) is 1. The van der Waals surface area contributed by atoms with Gasteiger partial charge in [-0.3, -0.25) is 4.79 Å². The lowest BCUT2D eigenvalue weighted by molar-refractivity contribution is -0.143. The van der Waals surface area contributed by atoms with Crippen LogP contribution in [0.15, 0.2) is 24.3 Å². The van der Waals surface area contributed by atoms with Crippen molar-refractivity contribution in [3.05, 3.63) is 33.4 Å². The standard InChI is InChI=1S/C17H23IO2/c1-16(12-15(19)20-3)8-10-17(2,11-9-16)13-4-6-14(18)7-5-13/h4-7H,8-12H2,1-3H3. The van der Waals surface area contributed by atoms with Gasteiger partial charge in [-0.15, -0.1) is 0 Å². The van der Waals surface area contributed by atoms with Crippen LogP contribution in [0.2, 0.25) is 0 Å². The summed E-state index contributed by atoms with van der Waals surface area (Å²) < 4.78 is 6.11. The van der Waals surface area contributed by atoms with Crippen LogP contribution in [0, 0.1) is 8.99 Å². The lowest BCUT2D eigenvalue weighted by atomic mass is 9.62. The fourth-order valence-electron chi connectivity index (χ4n) is 3.14. The van der Waals surface area contributed by atoms with Gasteiger partial charge in [-0.25, -0.2) is 0 Å². The first kappa shape index (κ1) is 15.8. The summed E-state index contributed by atoms with van der Waals surface area (Å²) in [4.78, 5) is 11.5. The van der Waals surface area contributed by atoms with Crippen molar-refractivity contribution >= 4 is 28.6 Å². The van der Waals surface area contributed by atoms with E-state index >= 15 is 0 Å². The molecule has 0 bridgehead atoms. The number of esters is 1. The first-order valence-electron chi connectivity index (χ1n) is 7.20. The monoisotopic (exact) mass is 386 g/mol. The first-order chi connectivity index (χ1) is 9.37. The van der Waals surface area contributed by atoms with E-state index in [1.54, 1.807) is 0 Å². The Hall–Kier alpha value is -0.580. The van der Waals surface area contributed by atoms with Crippen LogP contribution in [0.1, 0.15) is 51.5 Å². The molecule has 1 aromatic rings.